The van der Waals surface area contributed by atoms with Crippen molar-refractivity contribution in [3.8, 4) is 5.75 Å². The van der Waals surface area contributed by atoms with Crippen molar-refractivity contribution in [1.29, 1.82) is 0 Å². The highest BCUT2D eigenvalue weighted by molar-refractivity contribution is 9.10. The van der Waals surface area contributed by atoms with Gasteiger partial charge in [-0.2, -0.15) is 0 Å². The lowest BCUT2D eigenvalue weighted by Gasteiger charge is -2.10. The van der Waals surface area contributed by atoms with Crippen molar-refractivity contribution in [2.75, 3.05) is 26.3 Å². The normalized spacial score (nSPS) is 11.0. The number of hydrogen-bond donors (Lipinski definition) is 1. The molecule has 0 unspecified atom stereocenters. The molecule has 19 heavy (non-hydrogen) atoms. The van der Waals surface area contributed by atoms with Gasteiger partial charge in [-0.25, -0.2) is 0 Å². The molecular formula is C14H21BrClNO2. The second kappa shape index (κ2) is 9.59. The molecule has 1 rings (SSSR count). The van der Waals surface area contributed by atoms with Gasteiger partial charge in [0.1, 0.15) is 12.4 Å². The molecule has 0 atom stereocenters. The zero-order valence-electron chi connectivity index (χ0n) is 11.4. The van der Waals surface area contributed by atoms with E-state index in [1.807, 2.05) is 32.0 Å². The maximum Gasteiger partial charge on any atom is 0.139 e. The Morgan fingerprint density at radius 2 is 2.05 bits per heavy atom. The Balaban J connectivity index is 2.06. The van der Waals surface area contributed by atoms with Crippen molar-refractivity contribution in [2.24, 2.45) is 0 Å². The first-order chi connectivity index (χ1) is 9.09. The minimum Gasteiger partial charge on any atom is -0.491 e. The molecule has 0 bridgehead atoms. The van der Waals surface area contributed by atoms with Crippen molar-refractivity contribution in [1.82, 2.24) is 5.32 Å². The Labute approximate surface area is 128 Å². The van der Waals surface area contributed by atoms with E-state index in [-0.39, 0.29) is 0 Å². The second-order valence-corrected chi connectivity index (χ2v) is 5.77. The van der Waals surface area contributed by atoms with Crippen LogP contribution in [0.1, 0.15) is 20.3 Å². The van der Waals surface area contributed by atoms with Crippen molar-refractivity contribution in [2.45, 2.75) is 26.4 Å². The standard InChI is InChI=1S/C14H21BrClNO2/c1-11(2)18-8-3-6-17-7-9-19-14-10-12(15)4-5-13(14)16/h4-5,10-11,17H,3,6-9H2,1-2H3. The zero-order chi connectivity index (χ0) is 14.1. The maximum atomic E-state index is 6.02. The van der Waals surface area contributed by atoms with Gasteiger partial charge >= 0.3 is 0 Å². The fourth-order valence-corrected chi connectivity index (χ4v) is 1.97. The van der Waals surface area contributed by atoms with E-state index < -0.39 is 0 Å². The van der Waals surface area contributed by atoms with E-state index in [4.69, 9.17) is 21.1 Å². The van der Waals surface area contributed by atoms with E-state index in [2.05, 4.69) is 21.2 Å². The number of nitrogens with one attached hydrogen (secondary N) is 1. The molecule has 0 aliphatic heterocycles. The van der Waals surface area contributed by atoms with Gasteiger partial charge in [0.2, 0.25) is 0 Å². The Morgan fingerprint density at radius 3 is 2.79 bits per heavy atom. The van der Waals surface area contributed by atoms with Crippen LogP contribution in [-0.2, 0) is 4.74 Å². The maximum absolute atomic E-state index is 6.02. The predicted molar refractivity (Wildman–Crippen MR) is 83.2 cm³/mol. The average molecular weight is 351 g/mol. The van der Waals surface area contributed by atoms with Gasteiger partial charge in [0, 0.05) is 17.6 Å². The number of halogens is 2. The third-order valence-corrected chi connectivity index (χ3v) is 3.18. The van der Waals surface area contributed by atoms with Crippen molar-refractivity contribution in [3.05, 3.63) is 27.7 Å². The van der Waals surface area contributed by atoms with Gasteiger partial charge in [-0.05, 0) is 45.0 Å². The van der Waals surface area contributed by atoms with Gasteiger partial charge < -0.3 is 14.8 Å². The quantitative estimate of drug-likeness (QED) is 0.685. The molecule has 5 heteroatoms. The molecule has 0 aliphatic carbocycles. The number of rotatable bonds is 9. The van der Waals surface area contributed by atoms with Crippen molar-refractivity contribution in [3.63, 3.8) is 0 Å². The molecule has 0 aliphatic rings. The van der Waals surface area contributed by atoms with Gasteiger partial charge in [-0.1, -0.05) is 27.5 Å². The second-order valence-electron chi connectivity index (χ2n) is 4.45. The summed E-state index contributed by atoms with van der Waals surface area (Å²) >= 11 is 9.42. The summed E-state index contributed by atoms with van der Waals surface area (Å²) in [6, 6.07) is 5.58. The monoisotopic (exact) mass is 349 g/mol. The fourth-order valence-electron chi connectivity index (χ4n) is 1.46. The molecule has 0 radical (unpaired) electrons. The lowest BCUT2D eigenvalue weighted by molar-refractivity contribution is 0.0770. The van der Waals surface area contributed by atoms with E-state index >= 15 is 0 Å². The minimum absolute atomic E-state index is 0.307. The Hall–Kier alpha value is -0.290. The highest BCUT2D eigenvalue weighted by Gasteiger charge is 2.01. The largest absolute Gasteiger partial charge is 0.491 e. The van der Waals surface area contributed by atoms with Gasteiger partial charge in [-0.15, -0.1) is 0 Å². The molecule has 1 aromatic carbocycles. The predicted octanol–water partition coefficient (Wildman–Crippen LogP) is 3.89. The minimum atomic E-state index is 0.307. The summed E-state index contributed by atoms with van der Waals surface area (Å²) in [5, 5.41) is 3.94. The molecule has 1 N–H and O–H groups in total. The molecule has 0 aromatic heterocycles. The smallest absolute Gasteiger partial charge is 0.139 e. The van der Waals surface area contributed by atoms with Crippen molar-refractivity contribution >= 4 is 27.5 Å². The summed E-state index contributed by atoms with van der Waals surface area (Å²) in [6.45, 7) is 7.21. The highest BCUT2D eigenvalue weighted by atomic mass is 79.9. The first-order valence-electron chi connectivity index (χ1n) is 6.49. The lowest BCUT2D eigenvalue weighted by Crippen LogP contribution is -2.23. The van der Waals surface area contributed by atoms with Crippen LogP contribution in [0, 0.1) is 0 Å². The SMILES string of the molecule is CC(C)OCCCNCCOc1cc(Br)ccc1Cl. The third kappa shape index (κ3) is 7.78. The van der Waals surface area contributed by atoms with Gasteiger partial charge in [0.15, 0.2) is 0 Å². The first-order valence-corrected chi connectivity index (χ1v) is 7.67. The molecule has 0 heterocycles. The fraction of sp³-hybridized carbons (Fsp3) is 0.571. The molecule has 108 valence electrons. The molecule has 0 saturated heterocycles. The summed E-state index contributed by atoms with van der Waals surface area (Å²) in [5.74, 6) is 0.709. The van der Waals surface area contributed by atoms with E-state index in [1.165, 1.54) is 0 Å². The molecule has 0 fully saturated rings. The summed E-state index contributed by atoms with van der Waals surface area (Å²) in [4.78, 5) is 0. The Kier molecular flexibility index (Phi) is 8.46. The van der Waals surface area contributed by atoms with E-state index in [0.717, 1.165) is 30.6 Å². The van der Waals surface area contributed by atoms with Crippen LogP contribution in [0.15, 0.2) is 22.7 Å². The summed E-state index contributed by atoms with van der Waals surface area (Å²) < 4.78 is 12.0. The van der Waals surface area contributed by atoms with Gasteiger partial charge in [-0.3, -0.25) is 0 Å². The van der Waals surface area contributed by atoms with Crippen LogP contribution in [0.3, 0.4) is 0 Å². The number of benzene rings is 1. The van der Waals surface area contributed by atoms with Crippen LogP contribution >= 0.6 is 27.5 Å². The van der Waals surface area contributed by atoms with Crippen LogP contribution in [-0.4, -0.2) is 32.4 Å². The van der Waals surface area contributed by atoms with Crippen LogP contribution < -0.4 is 10.1 Å². The molecule has 3 nitrogen and oxygen atoms in total. The number of ether oxygens (including phenoxy) is 2. The van der Waals surface area contributed by atoms with Crippen molar-refractivity contribution < 1.29 is 9.47 Å². The van der Waals surface area contributed by atoms with E-state index in [0.29, 0.717) is 23.5 Å². The Bertz CT molecular complexity index is 374. The molecule has 0 spiro atoms. The summed E-state index contributed by atoms with van der Waals surface area (Å²) in [6.07, 6.45) is 1.32. The lowest BCUT2D eigenvalue weighted by atomic mass is 10.3. The topological polar surface area (TPSA) is 30.5 Å². The van der Waals surface area contributed by atoms with Gasteiger partial charge in [0.05, 0.1) is 11.1 Å². The van der Waals surface area contributed by atoms with Crippen LogP contribution in [0.25, 0.3) is 0 Å². The van der Waals surface area contributed by atoms with Gasteiger partial charge in [0.25, 0.3) is 0 Å². The Morgan fingerprint density at radius 1 is 1.26 bits per heavy atom. The third-order valence-electron chi connectivity index (χ3n) is 2.38. The summed E-state index contributed by atoms with van der Waals surface area (Å²) in [5.41, 5.74) is 0. The van der Waals surface area contributed by atoms with E-state index in [1.54, 1.807) is 0 Å². The summed E-state index contributed by atoms with van der Waals surface area (Å²) in [7, 11) is 0. The van der Waals surface area contributed by atoms with Crippen LogP contribution in [0.5, 0.6) is 5.75 Å². The average Bonchev–Trinajstić information content (AvgIpc) is 2.36. The first kappa shape index (κ1) is 16.8. The van der Waals surface area contributed by atoms with E-state index in [9.17, 15) is 0 Å². The molecular weight excluding hydrogens is 330 g/mol. The number of hydrogen-bond acceptors (Lipinski definition) is 3. The molecule has 0 amide bonds. The zero-order valence-corrected chi connectivity index (χ0v) is 13.8. The molecule has 0 saturated carbocycles. The van der Waals surface area contributed by atoms with Crippen LogP contribution in [0.2, 0.25) is 5.02 Å². The molecule has 1 aromatic rings. The highest BCUT2D eigenvalue weighted by Crippen LogP contribution is 2.27. The van der Waals surface area contributed by atoms with Crippen LogP contribution in [0.4, 0.5) is 0 Å².